The quantitative estimate of drug-likeness (QED) is 0.180. The number of rotatable bonds is 11. The molecule has 4 aromatic rings. The summed E-state index contributed by atoms with van der Waals surface area (Å²) in [5, 5.41) is 8.12. The number of benzene rings is 1. The standard InChI is InChI=1S/C39H45Cl2N7O4/c1-24(49)47-14-9-28(10-15-47)43-22-33-35(51-3)18-26(20-45-33)30-6-5-7-31(37(30)40)32-8-13-42-39(38(32)41)27-19-36(52-4)34(46-21-27)23-44-29-11-16-48(17-12-29)25(2)50/h5-8,13,18-21,28-29,43-44H,9-12,14-17,22-23H2,1-4H3. The van der Waals surface area contributed by atoms with Crippen LogP contribution in [-0.2, 0) is 22.7 Å². The van der Waals surface area contributed by atoms with E-state index in [0.29, 0.717) is 52.4 Å². The maximum absolute atomic E-state index is 11.7. The van der Waals surface area contributed by atoms with E-state index in [2.05, 4.69) is 15.6 Å². The number of halogens is 2. The number of piperidine rings is 2. The number of methoxy groups -OCH3 is 2. The van der Waals surface area contributed by atoms with Crippen LogP contribution in [0.1, 0.15) is 50.9 Å². The Hall–Kier alpha value is -4.29. The summed E-state index contributed by atoms with van der Waals surface area (Å²) in [4.78, 5) is 41.2. The lowest BCUT2D eigenvalue weighted by Crippen LogP contribution is -2.44. The molecule has 0 bridgehead atoms. The number of pyridine rings is 3. The smallest absolute Gasteiger partial charge is 0.219 e. The number of nitrogens with zero attached hydrogens (tertiary/aromatic N) is 5. The Kier molecular flexibility index (Phi) is 12.3. The fourth-order valence-electron chi connectivity index (χ4n) is 6.94. The maximum Gasteiger partial charge on any atom is 0.219 e. The highest BCUT2D eigenvalue weighted by atomic mass is 35.5. The van der Waals surface area contributed by atoms with Crippen LogP contribution >= 0.6 is 23.2 Å². The van der Waals surface area contributed by atoms with Crippen molar-refractivity contribution in [3.8, 4) is 45.0 Å². The highest BCUT2D eigenvalue weighted by Crippen LogP contribution is 2.42. The van der Waals surface area contributed by atoms with Crippen molar-refractivity contribution >= 4 is 35.0 Å². The second kappa shape index (κ2) is 17.0. The molecule has 2 aliphatic rings. The zero-order valence-corrected chi connectivity index (χ0v) is 31.6. The van der Waals surface area contributed by atoms with Gasteiger partial charge in [0.05, 0.1) is 41.3 Å². The second-order valence-corrected chi connectivity index (χ2v) is 14.0. The number of carbonyl (C=O) groups excluding carboxylic acids is 2. The van der Waals surface area contributed by atoms with Gasteiger partial charge in [0.15, 0.2) is 0 Å². The maximum atomic E-state index is 11.7. The van der Waals surface area contributed by atoms with Gasteiger partial charge in [0, 0.05) is 112 Å². The molecule has 13 heteroatoms. The topological polar surface area (TPSA) is 122 Å². The van der Waals surface area contributed by atoms with Crippen LogP contribution in [0.3, 0.4) is 0 Å². The number of ether oxygens (including phenoxy) is 2. The third-order valence-electron chi connectivity index (χ3n) is 10.1. The molecule has 0 spiro atoms. The van der Waals surface area contributed by atoms with Crippen LogP contribution in [-0.4, -0.2) is 89.0 Å². The van der Waals surface area contributed by atoms with Gasteiger partial charge < -0.3 is 29.9 Å². The molecule has 2 amide bonds. The lowest BCUT2D eigenvalue weighted by Gasteiger charge is -2.31. The predicted octanol–water partition coefficient (Wildman–Crippen LogP) is 6.40. The van der Waals surface area contributed by atoms with E-state index >= 15 is 0 Å². The van der Waals surface area contributed by atoms with Crippen LogP contribution in [0.15, 0.2) is 55.0 Å². The first-order chi connectivity index (χ1) is 25.2. The van der Waals surface area contributed by atoms with Crippen LogP contribution in [0.2, 0.25) is 10.0 Å². The third kappa shape index (κ3) is 8.50. The number of likely N-dealkylation sites (tertiary alicyclic amines) is 2. The summed E-state index contributed by atoms with van der Waals surface area (Å²) in [6.07, 6.45) is 8.88. The van der Waals surface area contributed by atoms with E-state index in [1.165, 1.54) is 0 Å². The zero-order valence-electron chi connectivity index (χ0n) is 30.0. The van der Waals surface area contributed by atoms with Gasteiger partial charge in [-0.05, 0) is 43.9 Å². The molecule has 2 fully saturated rings. The lowest BCUT2D eigenvalue weighted by atomic mass is 9.98. The Morgan fingerprint density at radius 1 is 0.712 bits per heavy atom. The van der Waals surface area contributed by atoms with Crippen molar-refractivity contribution in [2.45, 2.75) is 64.7 Å². The van der Waals surface area contributed by atoms with Crippen molar-refractivity contribution in [2.24, 2.45) is 0 Å². The molecular weight excluding hydrogens is 701 g/mol. The molecule has 11 nitrogen and oxygen atoms in total. The zero-order chi connectivity index (χ0) is 36.8. The minimum absolute atomic E-state index is 0.122. The molecule has 2 aliphatic heterocycles. The van der Waals surface area contributed by atoms with E-state index in [4.69, 9.17) is 42.6 Å². The van der Waals surface area contributed by atoms with Crippen molar-refractivity contribution in [1.29, 1.82) is 0 Å². The van der Waals surface area contributed by atoms with Gasteiger partial charge in [0.25, 0.3) is 0 Å². The van der Waals surface area contributed by atoms with E-state index in [1.54, 1.807) is 40.5 Å². The first-order valence-electron chi connectivity index (χ1n) is 17.6. The van der Waals surface area contributed by atoms with Crippen LogP contribution in [0, 0.1) is 0 Å². The molecule has 0 unspecified atom stereocenters. The summed E-state index contributed by atoms with van der Waals surface area (Å²) < 4.78 is 11.5. The highest BCUT2D eigenvalue weighted by molar-refractivity contribution is 6.39. The lowest BCUT2D eigenvalue weighted by molar-refractivity contribution is -0.130. The highest BCUT2D eigenvalue weighted by Gasteiger charge is 2.23. The van der Waals surface area contributed by atoms with Crippen molar-refractivity contribution in [1.82, 2.24) is 35.4 Å². The predicted molar refractivity (Wildman–Crippen MR) is 203 cm³/mol. The van der Waals surface area contributed by atoms with Gasteiger partial charge in [0.1, 0.15) is 11.5 Å². The molecular formula is C39H45Cl2N7O4. The first kappa shape index (κ1) is 37.5. The molecule has 0 saturated carbocycles. The van der Waals surface area contributed by atoms with Gasteiger partial charge in [-0.25, -0.2) is 0 Å². The molecule has 0 radical (unpaired) electrons. The average Bonchev–Trinajstić information content (AvgIpc) is 3.17. The third-order valence-corrected chi connectivity index (χ3v) is 10.9. The van der Waals surface area contributed by atoms with Gasteiger partial charge >= 0.3 is 0 Å². The van der Waals surface area contributed by atoms with Crippen LogP contribution < -0.4 is 20.1 Å². The largest absolute Gasteiger partial charge is 0.495 e. The molecule has 3 aromatic heterocycles. The van der Waals surface area contributed by atoms with E-state index in [-0.39, 0.29) is 11.8 Å². The minimum atomic E-state index is 0.122. The first-order valence-corrected chi connectivity index (χ1v) is 18.4. The number of hydrogen-bond acceptors (Lipinski definition) is 9. The van der Waals surface area contributed by atoms with Crippen LogP contribution in [0.25, 0.3) is 33.5 Å². The van der Waals surface area contributed by atoms with E-state index < -0.39 is 0 Å². The van der Waals surface area contributed by atoms with Gasteiger partial charge in [0.2, 0.25) is 11.8 Å². The summed E-state index contributed by atoms with van der Waals surface area (Å²) in [5.41, 5.74) is 5.96. The fraction of sp³-hybridized carbons (Fsp3) is 0.410. The SMILES string of the molecule is COc1cc(-c2cccc(-c3ccnc(-c4cnc(CNC5CCN(C(C)=O)CC5)c(OC)c4)c3Cl)c2Cl)cnc1CNC1CCN(C(C)=O)CC1. The summed E-state index contributed by atoms with van der Waals surface area (Å²) in [6, 6.07) is 12.2. The molecule has 5 heterocycles. The number of aromatic nitrogens is 3. The van der Waals surface area contributed by atoms with Gasteiger partial charge in [-0.15, -0.1) is 0 Å². The molecule has 0 atom stereocenters. The molecule has 1 aromatic carbocycles. The van der Waals surface area contributed by atoms with Gasteiger partial charge in [-0.2, -0.15) is 0 Å². The Balaban J connectivity index is 1.18. The van der Waals surface area contributed by atoms with E-state index in [1.807, 2.05) is 52.4 Å². The molecule has 274 valence electrons. The molecule has 2 N–H and O–H groups in total. The molecule has 0 aliphatic carbocycles. The summed E-state index contributed by atoms with van der Waals surface area (Å²) in [5.74, 6) is 1.54. The number of amides is 2. The van der Waals surface area contributed by atoms with Crippen molar-refractivity contribution in [2.75, 3.05) is 40.4 Å². The summed E-state index contributed by atoms with van der Waals surface area (Å²) in [7, 11) is 3.26. The van der Waals surface area contributed by atoms with Crippen LogP contribution in [0.4, 0.5) is 0 Å². The van der Waals surface area contributed by atoms with Crippen molar-refractivity contribution < 1.29 is 19.1 Å². The van der Waals surface area contributed by atoms with E-state index in [9.17, 15) is 9.59 Å². The van der Waals surface area contributed by atoms with Crippen LogP contribution in [0.5, 0.6) is 11.5 Å². The summed E-state index contributed by atoms with van der Waals surface area (Å²) in [6.45, 7) is 7.35. The molecule has 6 rings (SSSR count). The Labute approximate surface area is 315 Å². The number of nitrogens with one attached hydrogen (secondary N) is 2. The number of hydrogen-bond donors (Lipinski definition) is 2. The Morgan fingerprint density at radius 2 is 1.19 bits per heavy atom. The normalized spacial score (nSPS) is 15.5. The van der Waals surface area contributed by atoms with Gasteiger partial charge in [-0.3, -0.25) is 24.5 Å². The summed E-state index contributed by atoms with van der Waals surface area (Å²) >= 11 is 14.2. The second-order valence-electron chi connectivity index (χ2n) is 13.3. The molecule has 52 heavy (non-hydrogen) atoms. The van der Waals surface area contributed by atoms with Crippen molar-refractivity contribution in [3.63, 3.8) is 0 Å². The average molecular weight is 747 g/mol. The van der Waals surface area contributed by atoms with E-state index in [0.717, 1.165) is 91.1 Å². The monoisotopic (exact) mass is 745 g/mol. The Bertz CT molecular complexity index is 1770. The Morgan fingerprint density at radius 3 is 1.71 bits per heavy atom. The fourth-order valence-corrected chi connectivity index (χ4v) is 7.60. The van der Waals surface area contributed by atoms with Gasteiger partial charge in [-0.1, -0.05) is 41.4 Å². The minimum Gasteiger partial charge on any atom is -0.495 e. The number of carbonyl (C=O) groups is 2. The van der Waals surface area contributed by atoms with Crippen molar-refractivity contribution in [3.05, 3.63) is 76.4 Å². The molecule has 2 saturated heterocycles.